The number of carbonyl (C=O) groups is 3. The fourth-order valence-corrected chi connectivity index (χ4v) is 4.98. The van der Waals surface area contributed by atoms with Gasteiger partial charge in [0, 0.05) is 0 Å². The summed E-state index contributed by atoms with van der Waals surface area (Å²) in [5.74, 6) is -0.745. The van der Waals surface area contributed by atoms with E-state index in [1.165, 1.54) is 57.7 Å². The van der Waals surface area contributed by atoms with Gasteiger partial charge in [-0.05, 0) is 0 Å². The zero-order valence-corrected chi connectivity index (χ0v) is 21.1. The van der Waals surface area contributed by atoms with E-state index in [-0.39, 0.29) is 16.7 Å². The molecule has 0 saturated heterocycles. The van der Waals surface area contributed by atoms with Crippen LogP contribution >= 0.6 is 0 Å². The number of benzene rings is 3. The van der Waals surface area contributed by atoms with Crippen LogP contribution in [-0.4, -0.2) is 60.7 Å². The maximum atomic E-state index is 12.6. The Labute approximate surface area is 204 Å². The van der Waals surface area contributed by atoms with E-state index in [1.54, 1.807) is 36.4 Å². The fraction of sp³-hybridized carbons (Fsp3) is 0.125. The van der Waals surface area contributed by atoms with Crippen molar-refractivity contribution < 1.29 is 37.6 Å². The Balaban J connectivity index is 1.77. The van der Waals surface area contributed by atoms with Gasteiger partial charge >= 0.3 is 205 Å². The first-order chi connectivity index (χ1) is 16.4. The van der Waals surface area contributed by atoms with E-state index in [0.29, 0.717) is 17.2 Å². The van der Waals surface area contributed by atoms with Crippen molar-refractivity contribution in [2.75, 3.05) is 21.3 Å². The number of ether oxygens (including phenoxy) is 3. The van der Waals surface area contributed by atoms with E-state index < -0.39 is 39.4 Å². The van der Waals surface area contributed by atoms with Gasteiger partial charge < -0.3 is 0 Å². The van der Waals surface area contributed by atoms with E-state index in [0.717, 1.165) is 0 Å². The minimum atomic E-state index is -4.15. The molecule has 0 amide bonds. The van der Waals surface area contributed by atoms with Gasteiger partial charge in [-0.1, -0.05) is 0 Å². The van der Waals surface area contributed by atoms with Gasteiger partial charge in [0.05, 0.1) is 0 Å². The van der Waals surface area contributed by atoms with Gasteiger partial charge in [-0.2, -0.15) is 0 Å². The summed E-state index contributed by atoms with van der Waals surface area (Å²) in [6.07, 6.45) is 0. The van der Waals surface area contributed by atoms with Crippen molar-refractivity contribution in [1.82, 2.24) is 0 Å². The number of methoxy groups -OCH3 is 3. The van der Waals surface area contributed by atoms with Crippen LogP contribution in [0.1, 0.15) is 31.1 Å². The van der Waals surface area contributed by atoms with Crippen LogP contribution in [0.4, 0.5) is 0 Å². The Morgan fingerprint density at radius 1 is 0.471 bits per heavy atom. The van der Waals surface area contributed by atoms with Crippen LogP contribution in [0.5, 0.6) is 17.2 Å². The van der Waals surface area contributed by atoms with E-state index >= 15 is 0 Å². The molecule has 3 aromatic carbocycles. The number of hydrogen-bond acceptors (Lipinski definition) is 9. The summed E-state index contributed by atoms with van der Waals surface area (Å²) >= 11 is -4.15. The van der Waals surface area contributed by atoms with Gasteiger partial charge in [0.1, 0.15) is 0 Å². The molecule has 0 fully saturated rings. The number of hydrogen-bond donors (Lipinski definition) is 0. The van der Waals surface area contributed by atoms with Crippen molar-refractivity contribution in [2.45, 2.75) is 0 Å². The molecule has 0 heterocycles. The predicted octanol–water partition coefficient (Wildman–Crippen LogP) is 3.57. The zero-order valence-electron chi connectivity index (χ0n) is 18.5. The third kappa shape index (κ3) is 6.65. The molecule has 0 spiro atoms. The molecule has 0 bridgehead atoms. The Morgan fingerprint density at radius 3 is 0.912 bits per heavy atom. The third-order valence-electron chi connectivity index (χ3n) is 4.45. The quantitative estimate of drug-likeness (QED) is 0.354. The second kappa shape index (κ2) is 11.9. The SMILES string of the molecule is COc1ccc(C(=O)[O][Sb]([O]C(=O)c2ccc(OC)cc2)[O]C(=O)c2ccc(OC)cc2)cc1. The first-order valence-electron chi connectivity index (χ1n) is 9.82. The van der Waals surface area contributed by atoms with E-state index in [2.05, 4.69) is 0 Å². The molecule has 0 atom stereocenters. The number of rotatable bonds is 9. The second-order valence-corrected chi connectivity index (χ2v) is 9.38. The molecule has 0 N–H and O–H groups in total. The van der Waals surface area contributed by atoms with Gasteiger partial charge in [-0.25, -0.2) is 0 Å². The molecule has 0 saturated carbocycles. The fourth-order valence-electron chi connectivity index (χ4n) is 2.60. The Kier molecular flexibility index (Phi) is 8.76. The Morgan fingerprint density at radius 2 is 0.706 bits per heavy atom. The first kappa shape index (κ1) is 24.9. The molecule has 0 aliphatic carbocycles. The summed E-state index contributed by atoms with van der Waals surface area (Å²) in [6, 6.07) is 18.3. The van der Waals surface area contributed by atoms with Crippen LogP contribution in [0.15, 0.2) is 72.8 Å². The molecule has 0 radical (unpaired) electrons. The van der Waals surface area contributed by atoms with Crippen LogP contribution in [0.2, 0.25) is 0 Å². The molecule has 0 aromatic heterocycles. The van der Waals surface area contributed by atoms with E-state index in [4.69, 9.17) is 23.3 Å². The van der Waals surface area contributed by atoms with Gasteiger partial charge in [0.15, 0.2) is 0 Å². The topological polar surface area (TPSA) is 107 Å². The van der Waals surface area contributed by atoms with E-state index in [1.807, 2.05) is 0 Å². The Bertz CT molecular complexity index is 980. The van der Waals surface area contributed by atoms with Crippen molar-refractivity contribution in [3.05, 3.63) is 89.5 Å². The summed E-state index contributed by atoms with van der Waals surface area (Å²) in [6.45, 7) is 0. The van der Waals surface area contributed by atoms with Crippen molar-refractivity contribution in [3.8, 4) is 17.2 Å². The summed E-state index contributed by atoms with van der Waals surface area (Å²) in [5.41, 5.74) is 0.531. The average Bonchev–Trinajstić information content (AvgIpc) is 2.88. The van der Waals surface area contributed by atoms with Crippen LogP contribution in [-0.2, 0) is 9.05 Å². The van der Waals surface area contributed by atoms with E-state index in [9.17, 15) is 14.4 Å². The van der Waals surface area contributed by atoms with Gasteiger partial charge in [-0.3, -0.25) is 0 Å². The summed E-state index contributed by atoms with van der Waals surface area (Å²) in [5, 5.41) is 0. The van der Waals surface area contributed by atoms with Gasteiger partial charge in [0.2, 0.25) is 0 Å². The minimum absolute atomic E-state index is 0.177. The molecule has 3 aromatic rings. The van der Waals surface area contributed by atoms with Crippen molar-refractivity contribution in [3.63, 3.8) is 0 Å². The summed E-state index contributed by atoms with van der Waals surface area (Å²) in [7, 11) is 4.49. The second-order valence-electron chi connectivity index (χ2n) is 6.55. The monoisotopic (exact) mass is 574 g/mol. The molecule has 176 valence electrons. The molecule has 3 rings (SSSR count). The molecular formula is C24H21O9Sb. The van der Waals surface area contributed by atoms with Crippen LogP contribution in [0.3, 0.4) is 0 Å². The van der Waals surface area contributed by atoms with Crippen LogP contribution < -0.4 is 14.2 Å². The standard InChI is InChI=1S/3C8H8O3.Sb/c3*1-11-7-4-2-6(3-5-7)8(9)10;/h3*2-5H,1H3,(H,9,10);/q;;;+3/p-3. The zero-order chi connectivity index (χ0) is 24.5. The summed E-state index contributed by atoms with van der Waals surface area (Å²) < 4.78 is 31.3. The average molecular weight is 575 g/mol. The maximum absolute atomic E-state index is 12.6. The van der Waals surface area contributed by atoms with Crippen molar-refractivity contribution in [1.29, 1.82) is 0 Å². The molecule has 34 heavy (non-hydrogen) atoms. The summed E-state index contributed by atoms with van der Waals surface area (Å²) in [4.78, 5) is 37.9. The molecule has 10 heteroatoms. The van der Waals surface area contributed by atoms with Crippen molar-refractivity contribution >= 4 is 39.4 Å². The molecule has 0 aliphatic heterocycles. The van der Waals surface area contributed by atoms with Gasteiger partial charge in [0.25, 0.3) is 0 Å². The number of carbonyl (C=O) groups excluding carboxylic acids is 3. The van der Waals surface area contributed by atoms with Crippen molar-refractivity contribution in [2.24, 2.45) is 0 Å². The predicted molar refractivity (Wildman–Crippen MR) is 121 cm³/mol. The first-order valence-corrected chi connectivity index (χ1v) is 13.0. The van der Waals surface area contributed by atoms with Gasteiger partial charge in [-0.15, -0.1) is 0 Å². The Hall–Kier alpha value is -3.71. The molecule has 0 aliphatic rings. The molecule has 0 unspecified atom stereocenters. The third-order valence-corrected chi connectivity index (χ3v) is 7.15. The molecular weight excluding hydrogens is 554 g/mol. The van der Waals surface area contributed by atoms with Crippen LogP contribution in [0, 0.1) is 0 Å². The van der Waals surface area contributed by atoms with Crippen LogP contribution in [0.25, 0.3) is 0 Å². The molecule has 9 nitrogen and oxygen atoms in total. The normalized spacial score (nSPS) is 10.2.